The second-order valence-electron chi connectivity index (χ2n) is 8.97. The molecule has 174 valence electrons. The van der Waals surface area contributed by atoms with Crippen LogP contribution in [0.3, 0.4) is 0 Å². The average Bonchev–Trinajstić information content (AvgIpc) is 2.66. The van der Waals surface area contributed by atoms with Gasteiger partial charge in [-0.05, 0) is 70.6 Å². The van der Waals surface area contributed by atoms with Gasteiger partial charge in [-0.15, -0.1) is 0 Å². The van der Waals surface area contributed by atoms with Gasteiger partial charge in [0, 0.05) is 25.3 Å². The third-order valence-electron chi connectivity index (χ3n) is 5.24. The van der Waals surface area contributed by atoms with E-state index in [1.807, 2.05) is 0 Å². The highest BCUT2D eigenvalue weighted by Crippen LogP contribution is 2.38. The maximum atomic E-state index is 13.5. The summed E-state index contributed by atoms with van der Waals surface area (Å²) < 4.78 is 50.4. The Morgan fingerprint density at radius 3 is 2.26 bits per heavy atom. The van der Waals surface area contributed by atoms with Crippen molar-refractivity contribution in [1.29, 1.82) is 0 Å². The fourth-order valence-corrected chi connectivity index (χ4v) is 3.78. The van der Waals surface area contributed by atoms with Gasteiger partial charge in [0.05, 0.1) is 18.2 Å². The van der Waals surface area contributed by atoms with Crippen LogP contribution in [-0.2, 0) is 15.7 Å². The summed E-state index contributed by atoms with van der Waals surface area (Å²) in [6.07, 6.45) is -2.00. The number of anilines is 1. The number of rotatable bonds is 5. The Bertz CT molecular complexity index is 782. The summed E-state index contributed by atoms with van der Waals surface area (Å²) in [6.45, 7) is 5.80. The zero-order valence-electron chi connectivity index (χ0n) is 18.6. The normalized spacial score (nSPS) is 19.5. The molecule has 1 fully saturated rings. The zero-order chi connectivity index (χ0) is 23.4. The van der Waals surface area contributed by atoms with Crippen LogP contribution in [0.25, 0.3) is 0 Å². The summed E-state index contributed by atoms with van der Waals surface area (Å²) in [4.78, 5) is 25.3. The molecule has 0 bridgehead atoms. The number of benzene rings is 1. The summed E-state index contributed by atoms with van der Waals surface area (Å²) in [5.41, 5.74) is -1.34. The van der Waals surface area contributed by atoms with Crippen LogP contribution in [0.5, 0.6) is 0 Å². The van der Waals surface area contributed by atoms with E-state index in [1.165, 1.54) is 13.2 Å². The van der Waals surface area contributed by atoms with Gasteiger partial charge in [0.2, 0.25) is 0 Å². The van der Waals surface area contributed by atoms with Gasteiger partial charge < -0.3 is 19.7 Å². The van der Waals surface area contributed by atoms with Crippen molar-refractivity contribution in [2.45, 2.75) is 64.3 Å². The van der Waals surface area contributed by atoms with E-state index in [0.717, 1.165) is 37.8 Å². The highest BCUT2D eigenvalue weighted by Gasteiger charge is 2.35. The minimum atomic E-state index is -4.53. The van der Waals surface area contributed by atoms with Gasteiger partial charge in [-0.3, -0.25) is 0 Å². The number of ether oxygens (including phenoxy) is 2. The molecular formula is C22H31F3N2O4. The molecule has 0 saturated heterocycles. The Labute approximate surface area is 181 Å². The average molecular weight is 444 g/mol. The van der Waals surface area contributed by atoms with Gasteiger partial charge in [-0.1, -0.05) is 0 Å². The van der Waals surface area contributed by atoms with Crippen molar-refractivity contribution in [3.05, 3.63) is 29.3 Å². The topological polar surface area (TPSA) is 67.9 Å². The molecule has 1 N–H and O–H groups in total. The third-order valence-corrected chi connectivity index (χ3v) is 5.24. The lowest BCUT2D eigenvalue weighted by atomic mass is 9.85. The molecule has 1 saturated carbocycles. The molecule has 9 heteroatoms. The Morgan fingerprint density at radius 2 is 1.74 bits per heavy atom. The number of methoxy groups -OCH3 is 1. The predicted molar refractivity (Wildman–Crippen MR) is 111 cm³/mol. The minimum absolute atomic E-state index is 0.00945. The quantitative estimate of drug-likeness (QED) is 0.647. The van der Waals surface area contributed by atoms with Crippen LogP contribution in [-0.4, -0.2) is 44.4 Å². The van der Waals surface area contributed by atoms with E-state index in [2.05, 4.69) is 10.1 Å². The Hall–Kier alpha value is -2.45. The molecule has 6 nitrogen and oxygen atoms in total. The number of carbonyl (C=O) groups is 2. The second kappa shape index (κ2) is 9.78. The zero-order valence-corrected chi connectivity index (χ0v) is 18.6. The molecule has 1 aliphatic rings. The summed E-state index contributed by atoms with van der Waals surface area (Å²) in [6, 6.07) is 3.26. The van der Waals surface area contributed by atoms with Gasteiger partial charge in [-0.2, -0.15) is 13.2 Å². The fourth-order valence-electron chi connectivity index (χ4n) is 3.78. The Kier molecular flexibility index (Phi) is 7.83. The van der Waals surface area contributed by atoms with Crippen molar-refractivity contribution in [3.63, 3.8) is 0 Å². The number of carbonyl (C=O) groups excluding carboxylic acids is 2. The smallest absolute Gasteiger partial charge is 0.418 e. The molecule has 31 heavy (non-hydrogen) atoms. The van der Waals surface area contributed by atoms with Crippen molar-refractivity contribution in [1.82, 2.24) is 5.32 Å². The van der Waals surface area contributed by atoms with Crippen LogP contribution in [0.4, 0.5) is 23.7 Å². The van der Waals surface area contributed by atoms with Crippen molar-refractivity contribution >= 4 is 17.7 Å². The second-order valence-corrected chi connectivity index (χ2v) is 8.97. The van der Waals surface area contributed by atoms with Gasteiger partial charge >= 0.3 is 18.2 Å². The lowest BCUT2D eigenvalue weighted by Gasteiger charge is -2.33. The number of nitrogens with zero attached hydrogens (tertiary/aromatic N) is 1. The van der Waals surface area contributed by atoms with E-state index in [1.54, 1.807) is 32.7 Å². The predicted octanol–water partition coefficient (Wildman–Crippen LogP) is 5.01. The Morgan fingerprint density at radius 1 is 1.13 bits per heavy atom. The van der Waals surface area contributed by atoms with Crippen LogP contribution in [0.1, 0.15) is 62.4 Å². The van der Waals surface area contributed by atoms with Crippen molar-refractivity contribution < 1.29 is 32.2 Å². The number of halogens is 3. The Balaban J connectivity index is 2.02. The molecule has 0 aromatic heterocycles. The van der Waals surface area contributed by atoms with E-state index in [0.29, 0.717) is 6.54 Å². The van der Waals surface area contributed by atoms with Gasteiger partial charge in [0.15, 0.2) is 0 Å². The number of esters is 1. The van der Waals surface area contributed by atoms with Crippen LogP contribution in [0, 0.1) is 5.92 Å². The van der Waals surface area contributed by atoms with Crippen LogP contribution in [0.2, 0.25) is 0 Å². The third kappa shape index (κ3) is 7.33. The molecule has 0 unspecified atom stereocenters. The molecule has 1 amide bonds. The number of hydrogen-bond acceptors (Lipinski definition) is 5. The summed E-state index contributed by atoms with van der Waals surface area (Å²) in [5, 5.41) is 2.86. The number of hydrogen-bond donors (Lipinski definition) is 1. The minimum Gasteiger partial charge on any atom is -0.465 e. The van der Waals surface area contributed by atoms with Gasteiger partial charge in [0.1, 0.15) is 5.60 Å². The van der Waals surface area contributed by atoms with E-state index < -0.39 is 29.4 Å². The maximum absolute atomic E-state index is 13.5. The number of alkyl halides is 3. The molecule has 0 heterocycles. The van der Waals surface area contributed by atoms with Crippen molar-refractivity contribution in [3.8, 4) is 0 Å². The van der Waals surface area contributed by atoms with Crippen LogP contribution in [0.15, 0.2) is 18.2 Å². The standard InChI is InChI=1S/C22H31F3N2O4/c1-21(2,3)31-20(29)26-16-9-6-14(7-10-16)13-27(4)18-12-15(19(28)30-5)8-11-17(18)22(23,24)25/h8,11-12,14,16H,6-7,9-10,13H2,1-5H3,(H,26,29). The maximum Gasteiger partial charge on any atom is 0.418 e. The fraction of sp³-hybridized carbons (Fsp3) is 0.636. The number of nitrogens with one attached hydrogen (secondary N) is 1. The molecule has 1 aromatic rings. The summed E-state index contributed by atoms with van der Waals surface area (Å²) in [7, 11) is 2.78. The van der Waals surface area contributed by atoms with Crippen molar-refractivity contribution in [2.24, 2.45) is 5.92 Å². The van der Waals surface area contributed by atoms with E-state index in [9.17, 15) is 22.8 Å². The van der Waals surface area contributed by atoms with Crippen LogP contribution < -0.4 is 10.2 Å². The molecule has 0 atom stereocenters. The number of alkyl carbamates (subject to hydrolysis) is 1. The molecular weight excluding hydrogens is 413 g/mol. The first-order chi connectivity index (χ1) is 14.3. The largest absolute Gasteiger partial charge is 0.465 e. The van der Waals surface area contributed by atoms with E-state index >= 15 is 0 Å². The lowest BCUT2D eigenvalue weighted by Crippen LogP contribution is -2.42. The van der Waals surface area contributed by atoms with Gasteiger partial charge in [0.25, 0.3) is 0 Å². The highest BCUT2D eigenvalue weighted by molar-refractivity contribution is 5.90. The van der Waals surface area contributed by atoms with E-state index in [-0.39, 0.29) is 23.2 Å². The monoisotopic (exact) mass is 444 g/mol. The SMILES string of the molecule is COC(=O)c1ccc(C(F)(F)F)c(N(C)CC2CCC(NC(=O)OC(C)(C)C)CC2)c1. The summed E-state index contributed by atoms with van der Waals surface area (Å²) in [5.74, 6) is -0.512. The molecule has 2 rings (SSSR count). The first kappa shape index (κ1) is 24.8. The first-order valence-corrected chi connectivity index (χ1v) is 10.3. The molecule has 1 aromatic carbocycles. The summed E-state index contributed by atoms with van der Waals surface area (Å²) >= 11 is 0. The highest BCUT2D eigenvalue weighted by atomic mass is 19.4. The lowest BCUT2D eigenvalue weighted by molar-refractivity contribution is -0.137. The molecule has 0 radical (unpaired) electrons. The molecule has 1 aliphatic carbocycles. The van der Waals surface area contributed by atoms with Crippen molar-refractivity contribution in [2.75, 3.05) is 25.6 Å². The van der Waals surface area contributed by atoms with Crippen LogP contribution >= 0.6 is 0 Å². The first-order valence-electron chi connectivity index (χ1n) is 10.3. The molecule has 0 aliphatic heterocycles. The van der Waals surface area contributed by atoms with E-state index in [4.69, 9.17) is 4.74 Å². The number of amides is 1. The van der Waals surface area contributed by atoms with Gasteiger partial charge in [-0.25, -0.2) is 9.59 Å². The molecule has 0 spiro atoms.